The van der Waals surface area contributed by atoms with Crippen LogP contribution in [0, 0.1) is 13.8 Å². The van der Waals surface area contributed by atoms with E-state index in [1.807, 2.05) is 13.0 Å². The highest BCUT2D eigenvalue weighted by atomic mass is 31.1. The number of benzene rings is 2. The van der Waals surface area contributed by atoms with Crippen molar-refractivity contribution in [3.63, 3.8) is 0 Å². The summed E-state index contributed by atoms with van der Waals surface area (Å²) in [6, 6.07) is 12.8. The average Bonchev–Trinajstić information content (AvgIpc) is 2.61. The molecule has 3 heteroatoms. The van der Waals surface area contributed by atoms with Crippen LogP contribution in [0.2, 0.25) is 0 Å². The van der Waals surface area contributed by atoms with Crippen molar-refractivity contribution in [1.82, 2.24) is 4.90 Å². The normalized spacial score (nSPS) is 16.5. The smallest absolute Gasteiger partial charge is 0.122 e. The molecular weight excluding hydrogens is 337 g/mol. The van der Waals surface area contributed by atoms with Gasteiger partial charge in [-0.05, 0) is 61.8 Å². The fourth-order valence-electron chi connectivity index (χ4n) is 3.94. The Morgan fingerprint density at radius 1 is 0.962 bits per heavy atom. The lowest BCUT2D eigenvalue weighted by atomic mass is 9.99. The predicted molar refractivity (Wildman–Crippen MR) is 114 cm³/mol. The molecule has 1 atom stereocenters. The Hall–Kier alpha value is -1.37. The summed E-state index contributed by atoms with van der Waals surface area (Å²) in [5.41, 5.74) is 4.85. The zero-order chi connectivity index (χ0) is 18.7. The van der Waals surface area contributed by atoms with Crippen LogP contribution in [0.4, 0.5) is 0 Å². The first-order chi connectivity index (χ1) is 12.4. The van der Waals surface area contributed by atoms with Crippen LogP contribution in [0.25, 0.3) is 0 Å². The van der Waals surface area contributed by atoms with E-state index in [9.17, 15) is 5.11 Å². The van der Waals surface area contributed by atoms with Gasteiger partial charge in [0.2, 0.25) is 0 Å². The minimum atomic E-state index is -0.0845. The Kier molecular flexibility index (Phi) is 6.05. The fraction of sp³-hybridized carbons (Fsp3) is 0.478. The molecular formula is C23H32NOP. The van der Waals surface area contributed by atoms with Crippen molar-refractivity contribution in [3.8, 4) is 5.75 Å². The molecule has 0 aliphatic carbocycles. The van der Waals surface area contributed by atoms with Crippen molar-refractivity contribution in [2.75, 3.05) is 13.1 Å². The summed E-state index contributed by atoms with van der Waals surface area (Å²) in [6.45, 7) is 12.2. The third-order valence-electron chi connectivity index (χ3n) is 5.55. The van der Waals surface area contributed by atoms with Crippen LogP contribution in [-0.4, -0.2) is 23.1 Å². The molecule has 0 radical (unpaired) electrons. The molecule has 1 unspecified atom stereocenters. The molecule has 0 spiro atoms. The molecule has 0 saturated carbocycles. The minimum absolute atomic E-state index is 0.0845. The number of phenolic OH excluding ortho intramolecular Hbond substituents is 1. The molecule has 1 fully saturated rings. The highest BCUT2D eigenvalue weighted by Gasteiger charge is 2.27. The number of aromatic hydroxyl groups is 1. The molecule has 1 aliphatic rings. The summed E-state index contributed by atoms with van der Waals surface area (Å²) in [5.74, 6) is 0.455. The van der Waals surface area contributed by atoms with E-state index >= 15 is 0 Å². The standard InChI is InChI=1S/C23H32NOP/c1-17-10-9-13-20(21(17)25)23(3,4)26-22-18(2)11-8-12-19(22)16-24-14-6-5-7-15-24/h8-13,25-26H,5-7,14-16H2,1-4H3. The van der Waals surface area contributed by atoms with Gasteiger partial charge < -0.3 is 5.11 Å². The maximum atomic E-state index is 10.6. The van der Waals surface area contributed by atoms with Gasteiger partial charge in [0.05, 0.1) is 0 Å². The van der Waals surface area contributed by atoms with Crippen molar-refractivity contribution < 1.29 is 5.11 Å². The lowest BCUT2D eigenvalue weighted by Crippen LogP contribution is -2.31. The minimum Gasteiger partial charge on any atom is -0.507 e. The Morgan fingerprint density at radius 2 is 1.62 bits per heavy atom. The number of hydrogen-bond donors (Lipinski definition) is 1. The van der Waals surface area contributed by atoms with Gasteiger partial charge in [-0.3, -0.25) is 4.90 Å². The van der Waals surface area contributed by atoms with E-state index < -0.39 is 0 Å². The van der Waals surface area contributed by atoms with Gasteiger partial charge in [-0.2, -0.15) is 0 Å². The zero-order valence-electron chi connectivity index (χ0n) is 16.6. The average molecular weight is 369 g/mol. The molecule has 1 saturated heterocycles. The number of aryl methyl sites for hydroxylation is 2. The molecule has 1 heterocycles. The lowest BCUT2D eigenvalue weighted by Gasteiger charge is -2.31. The van der Waals surface area contributed by atoms with E-state index in [0.29, 0.717) is 14.3 Å². The van der Waals surface area contributed by atoms with Crippen molar-refractivity contribution in [2.45, 2.75) is 58.7 Å². The van der Waals surface area contributed by atoms with Crippen LogP contribution in [0.3, 0.4) is 0 Å². The summed E-state index contributed by atoms with van der Waals surface area (Å²) >= 11 is 0. The van der Waals surface area contributed by atoms with Gasteiger partial charge in [0, 0.05) is 17.3 Å². The number of likely N-dealkylation sites (tertiary alicyclic amines) is 1. The van der Waals surface area contributed by atoms with E-state index in [1.165, 1.54) is 48.8 Å². The van der Waals surface area contributed by atoms with Crippen molar-refractivity contribution in [3.05, 3.63) is 58.7 Å². The quantitative estimate of drug-likeness (QED) is 0.729. The van der Waals surface area contributed by atoms with Gasteiger partial charge in [0.15, 0.2) is 0 Å². The van der Waals surface area contributed by atoms with Crippen LogP contribution in [0.1, 0.15) is 55.4 Å². The van der Waals surface area contributed by atoms with Crippen LogP contribution in [-0.2, 0) is 11.7 Å². The molecule has 26 heavy (non-hydrogen) atoms. The van der Waals surface area contributed by atoms with Crippen LogP contribution >= 0.6 is 8.58 Å². The number of phenols is 1. The maximum Gasteiger partial charge on any atom is 0.122 e. The molecule has 1 aliphatic heterocycles. The highest BCUT2D eigenvalue weighted by molar-refractivity contribution is 7.48. The Bertz CT molecular complexity index is 763. The summed E-state index contributed by atoms with van der Waals surface area (Å²) in [6.07, 6.45) is 4.02. The molecule has 2 aromatic carbocycles. The summed E-state index contributed by atoms with van der Waals surface area (Å²) in [5, 5.41) is 12.0. The largest absolute Gasteiger partial charge is 0.507 e. The first-order valence-electron chi connectivity index (χ1n) is 9.76. The Labute approximate surface area is 160 Å². The zero-order valence-corrected chi connectivity index (χ0v) is 17.6. The van der Waals surface area contributed by atoms with Gasteiger partial charge in [-0.25, -0.2) is 0 Å². The summed E-state index contributed by atoms with van der Waals surface area (Å²) in [7, 11) is 0.633. The van der Waals surface area contributed by atoms with Crippen LogP contribution in [0.15, 0.2) is 36.4 Å². The number of piperidine rings is 1. The number of para-hydroxylation sites is 1. The molecule has 0 aromatic heterocycles. The van der Waals surface area contributed by atoms with Crippen LogP contribution < -0.4 is 5.30 Å². The third kappa shape index (κ3) is 4.30. The van der Waals surface area contributed by atoms with Gasteiger partial charge >= 0.3 is 0 Å². The Balaban J connectivity index is 1.89. The van der Waals surface area contributed by atoms with E-state index in [2.05, 4.69) is 56.0 Å². The van der Waals surface area contributed by atoms with Crippen molar-refractivity contribution in [2.24, 2.45) is 0 Å². The fourth-order valence-corrected chi connectivity index (χ4v) is 5.51. The molecule has 2 nitrogen and oxygen atoms in total. The number of nitrogens with zero attached hydrogens (tertiary/aromatic N) is 1. The molecule has 0 bridgehead atoms. The van der Waals surface area contributed by atoms with Gasteiger partial charge in [0.25, 0.3) is 0 Å². The second-order valence-electron chi connectivity index (χ2n) is 8.17. The molecule has 140 valence electrons. The number of rotatable bonds is 5. The summed E-state index contributed by atoms with van der Waals surface area (Å²) < 4.78 is 0. The van der Waals surface area contributed by atoms with Crippen LogP contribution in [0.5, 0.6) is 5.75 Å². The number of hydrogen-bond acceptors (Lipinski definition) is 2. The van der Waals surface area contributed by atoms with E-state index in [-0.39, 0.29) is 5.16 Å². The van der Waals surface area contributed by atoms with Crippen molar-refractivity contribution in [1.29, 1.82) is 0 Å². The third-order valence-corrected chi connectivity index (χ3v) is 7.41. The van der Waals surface area contributed by atoms with Crippen molar-refractivity contribution >= 4 is 13.9 Å². The maximum absolute atomic E-state index is 10.6. The first kappa shape index (κ1) is 19.4. The first-order valence-corrected chi connectivity index (χ1v) is 10.8. The predicted octanol–water partition coefficient (Wildman–Crippen LogP) is 5.23. The Morgan fingerprint density at radius 3 is 2.35 bits per heavy atom. The highest BCUT2D eigenvalue weighted by Crippen LogP contribution is 2.45. The SMILES string of the molecule is Cc1cccc(C(C)(C)Pc2c(C)cccc2CN2CCCCC2)c1O. The summed E-state index contributed by atoms with van der Waals surface area (Å²) in [4.78, 5) is 2.60. The van der Waals surface area contributed by atoms with Gasteiger partial charge in [-0.1, -0.05) is 65.2 Å². The van der Waals surface area contributed by atoms with Gasteiger partial charge in [0.1, 0.15) is 5.75 Å². The van der Waals surface area contributed by atoms with E-state index in [4.69, 9.17) is 0 Å². The lowest BCUT2D eigenvalue weighted by molar-refractivity contribution is 0.221. The van der Waals surface area contributed by atoms with Gasteiger partial charge in [-0.15, -0.1) is 0 Å². The molecule has 2 aromatic rings. The second-order valence-corrected chi connectivity index (χ2v) is 10.2. The molecule has 0 amide bonds. The second kappa shape index (κ2) is 8.11. The van der Waals surface area contributed by atoms with E-state index in [0.717, 1.165) is 17.7 Å². The monoisotopic (exact) mass is 369 g/mol. The topological polar surface area (TPSA) is 23.5 Å². The molecule has 1 N–H and O–H groups in total. The van der Waals surface area contributed by atoms with E-state index in [1.54, 1.807) is 0 Å². The molecule has 3 rings (SSSR count).